The lowest BCUT2D eigenvalue weighted by molar-refractivity contribution is -0.127. The van der Waals surface area contributed by atoms with Gasteiger partial charge in [-0.25, -0.2) is 13.1 Å². The largest absolute Gasteiger partial charge is 0.377 e. The Morgan fingerprint density at radius 2 is 1.78 bits per heavy atom. The molecule has 0 aromatic rings. The number of ether oxygens (including phenoxy) is 1. The van der Waals surface area contributed by atoms with E-state index in [9.17, 15) is 13.2 Å². The summed E-state index contributed by atoms with van der Waals surface area (Å²) in [5.41, 5.74) is 6.27. The Kier molecular flexibility index (Phi) is 8.80. The van der Waals surface area contributed by atoms with Crippen molar-refractivity contribution in [2.45, 2.75) is 63.5 Å². The summed E-state index contributed by atoms with van der Waals surface area (Å²) in [5, 5.41) is 2.82. The van der Waals surface area contributed by atoms with Gasteiger partial charge in [0.05, 0.1) is 11.9 Å². The van der Waals surface area contributed by atoms with E-state index in [1.165, 1.54) is 6.42 Å². The second-order valence-corrected chi connectivity index (χ2v) is 10.1. The predicted octanol–water partition coefficient (Wildman–Crippen LogP) is 1.17. The molecular formula is C18H34ClN3O4S. The van der Waals surface area contributed by atoms with Crippen LogP contribution in [-0.4, -0.2) is 51.9 Å². The van der Waals surface area contributed by atoms with Crippen LogP contribution in [0, 0.1) is 17.8 Å². The van der Waals surface area contributed by atoms with E-state index in [0.29, 0.717) is 25.0 Å². The van der Waals surface area contributed by atoms with Gasteiger partial charge in [-0.3, -0.25) is 4.79 Å². The lowest BCUT2D eigenvalue weighted by Gasteiger charge is -2.43. The van der Waals surface area contributed by atoms with Crippen LogP contribution in [0.4, 0.5) is 0 Å². The number of carbonyl (C=O) groups is 1. The van der Waals surface area contributed by atoms with Crippen molar-refractivity contribution in [2.75, 3.05) is 25.4 Å². The van der Waals surface area contributed by atoms with Crippen molar-refractivity contribution in [2.24, 2.45) is 23.5 Å². The fourth-order valence-corrected chi connectivity index (χ4v) is 5.67. The van der Waals surface area contributed by atoms with Gasteiger partial charge in [-0.2, -0.15) is 0 Å². The highest BCUT2D eigenvalue weighted by Crippen LogP contribution is 2.41. The molecule has 3 rings (SSSR count). The minimum atomic E-state index is -3.40. The number of halogens is 1. The lowest BCUT2D eigenvalue weighted by atomic mass is 9.65. The molecule has 1 saturated heterocycles. The maximum atomic E-state index is 12.4. The van der Waals surface area contributed by atoms with Gasteiger partial charge < -0.3 is 15.8 Å². The molecule has 1 heterocycles. The van der Waals surface area contributed by atoms with E-state index >= 15 is 0 Å². The van der Waals surface area contributed by atoms with Crippen LogP contribution >= 0.6 is 12.4 Å². The zero-order valence-corrected chi connectivity index (χ0v) is 17.5. The van der Waals surface area contributed by atoms with Crippen LogP contribution in [0.3, 0.4) is 0 Å². The van der Waals surface area contributed by atoms with Crippen molar-refractivity contribution in [1.82, 2.24) is 10.0 Å². The van der Waals surface area contributed by atoms with Crippen LogP contribution in [0.5, 0.6) is 0 Å². The second kappa shape index (κ2) is 10.4. The van der Waals surface area contributed by atoms with Crippen LogP contribution in [0.25, 0.3) is 0 Å². The minimum absolute atomic E-state index is 0. The van der Waals surface area contributed by atoms with E-state index in [4.69, 9.17) is 10.5 Å². The van der Waals surface area contributed by atoms with E-state index in [-0.39, 0.29) is 48.7 Å². The number of rotatable bonds is 7. The molecule has 2 aliphatic carbocycles. The molecule has 3 aliphatic rings. The summed E-state index contributed by atoms with van der Waals surface area (Å²) in [4.78, 5) is 12.4. The van der Waals surface area contributed by atoms with Crippen LogP contribution in [-0.2, 0) is 19.6 Å². The van der Waals surface area contributed by atoms with Gasteiger partial charge >= 0.3 is 0 Å². The Balaban J connectivity index is 0.00000261. The van der Waals surface area contributed by atoms with Gasteiger partial charge in [-0.05, 0) is 56.8 Å². The van der Waals surface area contributed by atoms with Crippen molar-refractivity contribution >= 4 is 28.3 Å². The molecular weight excluding hydrogens is 390 g/mol. The van der Waals surface area contributed by atoms with Crippen molar-refractivity contribution in [3.05, 3.63) is 0 Å². The first-order chi connectivity index (χ1) is 12.4. The SMILES string of the molecule is Cl.NC1C2CCCC1CC(C(=O)NCCS(=O)(=O)NCC1CCCCO1)C2. The van der Waals surface area contributed by atoms with Crippen LogP contribution in [0.1, 0.15) is 51.4 Å². The monoisotopic (exact) mass is 423 g/mol. The van der Waals surface area contributed by atoms with Gasteiger partial charge in [0, 0.05) is 31.7 Å². The maximum absolute atomic E-state index is 12.4. The van der Waals surface area contributed by atoms with Crippen LogP contribution < -0.4 is 15.8 Å². The van der Waals surface area contributed by atoms with Gasteiger partial charge in [0.1, 0.15) is 0 Å². The molecule has 158 valence electrons. The third-order valence-corrected chi connectivity index (χ3v) is 7.61. The highest BCUT2D eigenvalue weighted by molar-refractivity contribution is 7.89. The van der Waals surface area contributed by atoms with Gasteiger partial charge in [0.2, 0.25) is 15.9 Å². The lowest BCUT2D eigenvalue weighted by Crippen LogP contribution is -2.49. The fourth-order valence-electron chi connectivity index (χ4n) is 4.72. The molecule has 3 atom stereocenters. The summed E-state index contributed by atoms with van der Waals surface area (Å²) < 4.78 is 32.3. The number of nitrogens with one attached hydrogen (secondary N) is 2. The summed E-state index contributed by atoms with van der Waals surface area (Å²) in [6, 6.07) is 0.236. The average molecular weight is 424 g/mol. The predicted molar refractivity (Wildman–Crippen MR) is 107 cm³/mol. The minimum Gasteiger partial charge on any atom is -0.377 e. The number of sulfonamides is 1. The first kappa shape index (κ1) is 22.9. The van der Waals surface area contributed by atoms with Gasteiger partial charge in [0.15, 0.2) is 0 Å². The van der Waals surface area contributed by atoms with E-state index < -0.39 is 10.0 Å². The van der Waals surface area contributed by atoms with Crippen molar-refractivity contribution in [3.8, 4) is 0 Å². The van der Waals surface area contributed by atoms with Crippen LogP contribution in [0.2, 0.25) is 0 Å². The molecule has 1 amide bonds. The van der Waals surface area contributed by atoms with Crippen molar-refractivity contribution in [1.29, 1.82) is 0 Å². The van der Waals surface area contributed by atoms with E-state index in [1.54, 1.807) is 0 Å². The van der Waals surface area contributed by atoms with E-state index in [1.807, 2.05) is 0 Å². The standard InChI is InChI=1S/C18H33N3O4S.ClH/c19-17-13-4-3-5-14(17)11-15(10-13)18(22)20-7-9-26(23,24)21-12-16-6-1-2-8-25-16;/h13-17,21H,1-12,19H2,(H,20,22);1H. The first-order valence-corrected chi connectivity index (χ1v) is 11.7. The molecule has 7 nitrogen and oxygen atoms in total. The van der Waals surface area contributed by atoms with Crippen LogP contribution in [0.15, 0.2) is 0 Å². The highest BCUT2D eigenvalue weighted by Gasteiger charge is 2.40. The van der Waals surface area contributed by atoms with Crippen molar-refractivity contribution < 1.29 is 17.9 Å². The summed E-state index contributed by atoms with van der Waals surface area (Å²) in [6.45, 7) is 1.17. The second-order valence-electron chi connectivity index (χ2n) is 8.14. The molecule has 1 aliphatic heterocycles. The molecule has 0 aromatic carbocycles. The topological polar surface area (TPSA) is 111 Å². The first-order valence-electron chi connectivity index (χ1n) is 10.1. The Bertz CT molecular complexity index is 569. The highest BCUT2D eigenvalue weighted by atomic mass is 35.5. The van der Waals surface area contributed by atoms with Gasteiger partial charge in [0.25, 0.3) is 0 Å². The molecule has 4 N–H and O–H groups in total. The summed E-state index contributed by atoms with van der Waals surface area (Å²) in [5.74, 6) is 0.763. The number of nitrogens with two attached hydrogens (primary N) is 1. The molecule has 0 spiro atoms. The van der Waals surface area contributed by atoms with E-state index in [2.05, 4.69) is 10.0 Å². The molecule has 0 radical (unpaired) electrons. The van der Waals surface area contributed by atoms with Crippen molar-refractivity contribution in [3.63, 3.8) is 0 Å². The summed E-state index contributed by atoms with van der Waals surface area (Å²) >= 11 is 0. The Hall–Kier alpha value is -0.410. The van der Waals surface area contributed by atoms with Gasteiger partial charge in [-0.15, -0.1) is 12.4 Å². The number of hydrogen-bond acceptors (Lipinski definition) is 5. The molecule has 2 bridgehead atoms. The Morgan fingerprint density at radius 1 is 1.07 bits per heavy atom. The third-order valence-electron chi connectivity index (χ3n) is 6.26. The quantitative estimate of drug-likeness (QED) is 0.569. The number of carbonyl (C=O) groups excluding carboxylic acids is 1. The third kappa shape index (κ3) is 6.56. The molecule has 0 aromatic heterocycles. The molecule has 9 heteroatoms. The smallest absolute Gasteiger partial charge is 0.223 e. The fraction of sp³-hybridized carbons (Fsp3) is 0.944. The number of hydrogen-bond donors (Lipinski definition) is 3. The molecule has 27 heavy (non-hydrogen) atoms. The molecule has 2 saturated carbocycles. The number of amides is 1. The summed E-state index contributed by atoms with van der Waals surface area (Å²) in [7, 11) is -3.40. The summed E-state index contributed by atoms with van der Waals surface area (Å²) in [6.07, 6.45) is 8.11. The Morgan fingerprint density at radius 3 is 2.41 bits per heavy atom. The number of fused-ring (bicyclic) bond motifs is 2. The van der Waals surface area contributed by atoms with E-state index in [0.717, 1.165) is 44.9 Å². The zero-order valence-electron chi connectivity index (χ0n) is 15.9. The Labute approximate surface area is 169 Å². The average Bonchev–Trinajstić information content (AvgIpc) is 2.60. The molecule has 3 unspecified atom stereocenters. The van der Waals surface area contributed by atoms with Gasteiger partial charge in [-0.1, -0.05) is 6.42 Å². The zero-order chi connectivity index (χ0) is 18.6. The maximum Gasteiger partial charge on any atom is 0.223 e. The normalized spacial score (nSPS) is 33.7. The molecule has 3 fully saturated rings.